The number of nitrogens with zero attached hydrogens (tertiary/aromatic N) is 1. The molecule has 0 fully saturated rings. The van der Waals surface area contributed by atoms with Crippen LogP contribution in [-0.4, -0.2) is 18.4 Å². The van der Waals surface area contributed by atoms with E-state index in [2.05, 4.69) is 5.32 Å². The molecule has 0 aliphatic rings. The normalized spacial score (nSPS) is 10.7. The molecule has 0 bridgehead atoms. The number of halogens is 2. The predicted octanol–water partition coefficient (Wildman–Crippen LogP) is 4.47. The number of nitrogens with one attached hydrogen (secondary N) is 1. The van der Waals surface area contributed by atoms with Crippen molar-refractivity contribution in [2.24, 2.45) is 0 Å². The molecule has 0 heterocycles. The Labute approximate surface area is 151 Å². The Morgan fingerprint density at radius 1 is 1.08 bits per heavy atom. The molecule has 2 aromatic rings. The summed E-state index contributed by atoms with van der Waals surface area (Å²) in [5.74, 6) is -2.33. The molecule has 2 amide bonds. The van der Waals surface area contributed by atoms with E-state index >= 15 is 0 Å². The second kappa shape index (κ2) is 8.56. The van der Waals surface area contributed by atoms with Gasteiger partial charge in [-0.3, -0.25) is 9.59 Å². The number of carbonyl (C=O) groups excluding carboxylic acids is 2. The standard InChI is InChI=1S/C20H22F2N2O2/c1-13(2)16-6-4-5-7-19(16)24(14(3)25)11-10-20(26)23-15-8-9-17(21)18(22)12-15/h4-9,12-13H,10-11H2,1-3H3,(H,23,26). The maximum atomic E-state index is 13.2. The lowest BCUT2D eigenvalue weighted by Crippen LogP contribution is -2.32. The van der Waals surface area contributed by atoms with Crippen LogP contribution in [0.4, 0.5) is 20.2 Å². The van der Waals surface area contributed by atoms with Crippen molar-refractivity contribution in [3.8, 4) is 0 Å². The first-order valence-electron chi connectivity index (χ1n) is 8.41. The number of hydrogen-bond acceptors (Lipinski definition) is 2. The Bertz CT molecular complexity index is 806. The summed E-state index contributed by atoms with van der Waals surface area (Å²) in [6.07, 6.45) is 0.0327. The lowest BCUT2D eigenvalue weighted by molar-refractivity contribution is -0.117. The molecule has 0 saturated carbocycles. The molecule has 0 saturated heterocycles. The summed E-state index contributed by atoms with van der Waals surface area (Å²) in [6, 6.07) is 10.7. The van der Waals surface area contributed by atoms with Crippen LogP contribution in [0.2, 0.25) is 0 Å². The van der Waals surface area contributed by atoms with Crippen LogP contribution in [-0.2, 0) is 9.59 Å². The van der Waals surface area contributed by atoms with Gasteiger partial charge in [0.1, 0.15) is 0 Å². The second-order valence-corrected chi connectivity index (χ2v) is 6.31. The van der Waals surface area contributed by atoms with E-state index in [0.717, 1.165) is 23.4 Å². The molecule has 0 aliphatic carbocycles. The Balaban J connectivity index is 2.08. The number of benzene rings is 2. The smallest absolute Gasteiger partial charge is 0.226 e. The van der Waals surface area contributed by atoms with E-state index < -0.39 is 11.6 Å². The SMILES string of the molecule is CC(=O)N(CCC(=O)Nc1ccc(F)c(F)c1)c1ccccc1C(C)C. The Morgan fingerprint density at radius 3 is 2.38 bits per heavy atom. The quantitative estimate of drug-likeness (QED) is 0.826. The van der Waals surface area contributed by atoms with Crippen LogP contribution < -0.4 is 10.2 Å². The minimum absolute atomic E-state index is 0.0327. The predicted molar refractivity (Wildman–Crippen MR) is 98.2 cm³/mol. The van der Waals surface area contributed by atoms with Crippen molar-refractivity contribution in [3.05, 3.63) is 59.7 Å². The highest BCUT2D eigenvalue weighted by Gasteiger charge is 2.18. The average molecular weight is 360 g/mol. The minimum atomic E-state index is -1.03. The second-order valence-electron chi connectivity index (χ2n) is 6.31. The third kappa shape index (κ3) is 4.88. The number of rotatable bonds is 6. The number of anilines is 2. The van der Waals surface area contributed by atoms with Gasteiger partial charge >= 0.3 is 0 Å². The van der Waals surface area contributed by atoms with Crippen molar-refractivity contribution in [1.29, 1.82) is 0 Å². The van der Waals surface area contributed by atoms with E-state index in [1.165, 1.54) is 13.0 Å². The fourth-order valence-corrected chi connectivity index (χ4v) is 2.68. The first-order valence-corrected chi connectivity index (χ1v) is 8.41. The van der Waals surface area contributed by atoms with Crippen molar-refractivity contribution in [1.82, 2.24) is 0 Å². The van der Waals surface area contributed by atoms with Gasteiger partial charge < -0.3 is 10.2 Å². The zero-order valence-corrected chi connectivity index (χ0v) is 15.1. The molecule has 26 heavy (non-hydrogen) atoms. The fraction of sp³-hybridized carbons (Fsp3) is 0.300. The zero-order valence-electron chi connectivity index (χ0n) is 15.1. The molecule has 4 nitrogen and oxygen atoms in total. The molecular weight excluding hydrogens is 338 g/mol. The molecule has 0 spiro atoms. The number of carbonyl (C=O) groups is 2. The first kappa shape index (κ1) is 19.6. The number of hydrogen-bond donors (Lipinski definition) is 1. The van der Waals surface area contributed by atoms with Gasteiger partial charge in [-0.2, -0.15) is 0 Å². The van der Waals surface area contributed by atoms with Crippen LogP contribution in [0, 0.1) is 11.6 Å². The highest BCUT2D eigenvalue weighted by molar-refractivity contribution is 5.95. The van der Waals surface area contributed by atoms with Crippen molar-refractivity contribution in [2.45, 2.75) is 33.1 Å². The van der Waals surface area contributed by atoms with Gasteiger partial charge in [0.05, 0.1) is 0 Å². The molecule has 0 atom stereocenters. The van der Waals surface area contributed by atoms with Crippen LogP contribution >= 0.6 is 0 Å². The van der Waals surface area contributed by atoms with Crippen LogP contribution in [0.5, 0.6) is 0 Å². The van der Waals surface area contributed by atoms with Crippen molar-refractivity contribution >= 4 is 23.2 Å². The first-order chi connectivity index (χ1) is 12.3. The third-order valence-electron chi connectivity index (χ3n) is 4.00. The summed E-state index contributed by atoms with van der Waals surface area (Å²) in [4.78, 5) is 25.8. The van der Waals surface area contributed by atoms with Crippen LogP contribution in [0.3, 0.4) is 0 Å². The molecule has 138 valence electrons. The molecule has 1 N–H and O–H groups in total. The number of amides is 2. The van der Waals surface area contributed by atoms with Crippen molar-refractivity contribution in [2.75, 3.05) is 16.8 Å². The average Bonchev–Trinajstić information content (AvgIpc) is 2.58. The van der Waals surface area contributed by atoms with Gasteiger partial charge in [0, 0.05) is 37.3 Å². The molecule has 0 aromatic heterocycles. The Hall–Kier alpha value is -2.76. The highest BCUT2D eigenvalue weighted by Crippen LogP contribution is 2.27. The van der Waals surface area contributed by atoms with E-state index in [-0.39, 0.29) is 36.4 Å². The Kier molecular flexibility index (Phi) is 6.44. The van der Waals surface area contributed by atoms with Crippen molar-refractivity contribution in [3.63, 3.8) is 0 Å². The summed E-state index contributed by atoms with van der Waals surface area (Å²) < 4.78 is 26.1. The zero-order chi connectivity index (χ0) is 19.3. The van der Waals surface area contributed by atoms with Crippen molar-refractivity contribution < 1.29 is 18.4 Å². The van der Waals surface area contributed by atoms with Crippen LogP contribution in [0.15, 0.2) is 42.5 Å². The molecular formula is C20H22F2N2O2. The lowest BCUT2D eigenvalue weighted by Gasteiger charge is -2.25. The van der Waals surface area contributed by atoms with Gasteiger partial charge in [-0.1, -0.05) is 32.0 Å². The molecule has 6 heteroatoms. The van der Waals surface area contributed by atoms with Gasteiger partial charge in [0.25, 0.3) is 0 Å². The topological polar surface area (TPSA) is 49.4 Å². The van der Waals surface area contributed by atoms with Gasteiger partial charge in [-0.15, -0.1) is 0 Å². The fourth-order valence-electron chi connectivity index (χ4n) is 2.68. The summed E-state index contributed by atoms with van der Waals surface area (Å²) in [7, 11) is 0. The third-order valence-corrected chi connectivity index (χ3v) is 4.00. The highest BCUT2D eigenvalue weighted by atomic mass is 19.2. The molecule has 0 unspecified atom stereocenters. The van der Waals surface area contributed by atoms with Gasteiger partial charge in [0.15, 0.2) is 11.6 Å². The van der Waals surface area contributed by atoms with Gasteiger partial charge in [0.2, 0.25) is 11.8 Å². The van der Waals surface area contributed by atoms with E-state index in [1.54, 1.807) is 4.90 Å². The van der Waals surface area contributed by atoms with Crippen LogP contribution in [0.25, 0.3) is 0 Å². The van der Waals surface area contributed by atoms with Crippen LogP contribution in [0.1, 0.15) is 38.7 Å². The van der Waals surface area contributed by atoms with E-state index in [1.807, 2.05) is 38.1 Å². The maximum Gasteiger partial charge on any atom is 0.226 e. The summed E-state index contributed by atoms with van der Waals surface area (Å²) in [5.41, 5.74) is 1.96. The Morgan fingerprint density at radius 2 is 1.77 bits per heavy atom. The minimum Gasteiger partial charge on any atom is -0.326 e. The summed E-state index contributed by atoms with van der Waals surface area (Å²) in [5, 5.41) is 2.51. The maximum absolute atomic E-state index is 13.2. The monoisotopic (exact) mass is 360 g/mol. The van der Waals surface area contributed by atoms with E-state index in [9.17, 15) is 18.4 Å². The lowest BCUT2D eigenvalue weighted by atomic mass is 10.0. The van der Waals surface area contributed by atoms with E-state index in [4.69, 9.17) is 0 Å². The summed E-state index contributed by atoms with van der Waals surface area (Å²) >= 11 is 0. The molecule has 0 aliphatic heterocycles. The van der Waals surface area contributed by atoms with E-state index in [0.29, 0.717) is 0 Å². The molecule has 0 radical (unpaired) electrons. The largest absolute Gasteiger partial charge is 0.326 e. The van der Waals surface area contributed by atoms with Gasteiger partial charge in [-0.05, 0) is 29.7 Å². The molecule has 2 rings (SSSR count). The van der Waals surface area contributed by atoms with Gasteiger partial charge in [-0.25, -0.2) is 8.78 Å². The number of para-hydroxylation sites is 1. The summed E-state index contributed by atoms with van der Waals surface area (Å²) in [6.45, 7) is 5.71. The molecule has 2 aromatic carbocycles.